The predicted octanol–water partition coefficient (Wildman–Crippen LogP) is 2.70. The van der Waals surface area contributed by atoms with Gasteiger partial charge in [0.05, 0.1) is 0 Å². The van der Waals surface area contributed by atoms with Gasteiger partial charge in [-0.05, 0) is 30.7 Å². The molecule has 0 aliphatic carbocycles. The van der Waals surface area contributed by atoms with E-state index in [1.54, 1.807) is 6.26 Å². The van der Waals surface area contributed by atoms with Gasteiger partial charge in [0.25, 0.3) is 0 Å². The third-order valence-corrected chi connectivity index (χ3v) is 4.43. The zero-order valence-electron chi connectivity index (χ0n) is 9.70. The third-order valence-electron chi connectivity index (χ3n) is 2.54. The van der Waals surface area contributed by atoms with Gasteiger partial charge in [-0.25, -0.2) is 0 Å². The Morgan fingerprint density at radius 2 is 2.00 bits per heavy atom. The van der Waals surface area contributed by atoms with Crippen LogP contribution in [0.1, 0.15) is 18.9 Å². The van der Waals surface area contributed by atoms with Gasteiger partial charge in [-0.2, -0.15) is 0 Å². The minimum atomic E-state index is -0.708. The van der Waals surface area contributed by atoms with Gasteiger partial charge < -0.3 is 5.32 Å². The van der Waals surface area contributed by atoms with Crippen LogP contribution in [0.2, 0.25) is 0 Å². The molecule has 0 radical (unpaired) electrons. The zero-order valence-corrected chi connectivity index (χ0v) is 12.1. The molecule has 2 nitrogen and oxygen atoms in total. The van der Waals surface area contributed by atoms with Crippen LogP contribution < -0.4 is 5.32 Å². The van der Waals surface area contributed by atoms with E-state index in [9.17, 15) is 4.21 Å². The average molecular weight is 304 g/mol. The summed E-state index contributed by atoms with van der Waals surface area (Å²) in [5.74, 6) is 0. The van der Waals surface area contributed by atoms with E-state index in [2.05, 4.69) is 33.4 Å². The molecular formula is C12H18BrNOS. The van der Waals surface area contributed by atoms with Crippen molar-refractivity contribution in [3.05, 3.63) is 34.3 Å². The van der Waals surface area contributed by atoms with Crippen LogP contribution in [0.25, 0.3) is 0 Å². The molecule has 0 amide bonds. The molecule has 0 spiro atoms. The molecule has 0 aliphatic heterocycles. The third kappa shape index (κ3) is 5.23. The summed E-state index contributed by atoms with van der Waals surface area (Å²) in [7, 11) is -0.708. The lowest BCUT2D eigenvalue weighted by atomic mass is 10.2. The average Bonchev–Trinajstić information content (AvgIpc) is 2.26. The molecule has 1 rings (SSSR count). The molecule has 0 saturated carbocycles. The van der Waals surface area contributed by atoms with E-state index in [4.69, 9.17) is 0 Å². The normalized spacial score (nSPS) is 14.7. The first-order chi connectivity index (χ1) is 7.59. The van der Waals surface area contributed by atoms with Crippen molar-refractivity contribution in [2.24, 2.45) is 0 Å². The fraction of sp³-hybridized carbons (Fsp3) is 0.500. The van der Waals surface area contributed by atoms with Crippen LogP contribution in [0.3, 0.4) is 0 Å². The Morgan fingerprint density at radius 3 is 2.56 bits per heavy atom. The van der Waals surface area contributed by atoms with Crippen molar-refractivity contribution in [2.75, 3.05) is 12.8 Å². The van der Waals surface area contributed by atoms with Crippen molar-refractivity contribution >= 4 is 26.7 Å². The van der Waals surface area contributed by atoms with Gasteiger partial charge in [0, 0.05) is 33.3 Å². The Kier molecular flexibility index (Phi) is 6.24. The van der Waals surface area contributed by atoms with E-state index < -0.39 is 10.8 Å². The lowest BCUT2D eigenvalue weighted by molar-refractivity contribution is 0.629. The van der Waals surface area contributed by atoms with Crippen LogP contribution in [0, 0.1) is 0 Å². The molecule has 1 aromatic carbocycles. The molecule has 4 heteroatoms. The molecule has 1 aromatic rings. The Hall–Kier alpha value is -0.190. The minimum absolute atomic E-state index is 0.275. The maximum Gasteiger partial charge on any atom is 0.0329 e. The van der Waals surface area contributed by atoms with Gasteiger partial charge in [0.1, 0.15) is 0 Å². The second-order valence-corrected chi connectivity index (χ2v) is 6.62. The summed E-state index contributed by atoms with van der Waals surface area (Å²) >= 11 is 3.41. The highest BCUT2D eigenvalue weighted by molar-refractivity contribution is 9.10. The van der Waals surface area contributed by atoms with Crippen molar-refractivity contribution in [3.63, 3.8) is 0 Å². The Balaban J connectivity index is 2.21. The summed E-state index contributed by atoms with van der Waals surface area (Å²) < 4.78 is 12.2. The predicted molar refractivity (Wildman–Crippen MR) is 74.0 cm³/mol. The number of hydrogen-bond acceptors (Lipinski definition) is 2. The van der Waals surface area contributed by atoms with Crippen LogP contribution in [-0.2, 0) is 17.3 Å². The molecule has 0 fully saturated rings. The summed E-state index contributed by atoms with van der Waals surface area (Å²) in [6.07, 6.45) is 2.72. The fourth-order valence-corrected chi connectivity index (χ4v) is 2.02. The molecule has 16 heavy (non-hydrogen) atoms. The van der Waals surface area contributed by atoms with Crippen molar-refractivity contribution < 1.29 is 4.21 Å². The molecule has 0 aromatic heterocycles. The maximum absolute atomic E-state index is 11.1. The molecule has 0 bridgehead atoms. The molecule has 90 valence electrons. The SMILES string of the molecule is CC(CCNCc1ccc(Br)cc1)S(C)=O. The van der Waals surface area contributed by atoms with E-state index in [1.807, 2.05) is 19.1 Å². The van der Waals surface area contributed by atoms with Crippen LogP contribution in [-0.4, -0.2) is 22.3 Å². The number of hydrogen-bond donors (Lipinski definition) is 1. The van der Waals surface area contributed by atoms with E-state index in [0.29, 0.717) is 0 Å². The highest BCUT2D eigenvalue weighted by Crippen LogP contribution is 2.10. The maximum atomic E-state index is 11.1. The van der Waals surface area contributed by atoms with Crippen LogP contribution in [0.15, 0.2) is 28.7 Å². The van der Waals surface area contributed by atoms with Crippen LogP contribution >= 0.6 is 15.9 Å². The summed E-state index contributed by atoms with van der Waals surface area (Å²) in [6.45, 7) is 3.81. The summed E-state index contributed by atoms with van der Waals surface area (Å²) in [5, 5.41) is 3.63. The van der Waals surface area contributed by atoms with Gasteiger partial charge >= 0.3 is 0 Å². The molecular weight excluding hydrogens is 286 g/mol. The van der Waals surface area contributed by atoms with E-state index in [1.165, 1.54) is 5.56 Å². The second kappa shape index (κ2) is 7.20. The number of nitrogens with one attached hydrogen (secondary N) is 1. The zero-order chi connectivity index (χ0) is 12.0. The van der Waals surface area contributed by atoms with E-state index in [-0.39, 0.29) is 5.25 Å². The summed E-state index contributed by atoms with van der Waals surface area (Å²) in [5.41, 5.74) is 1.27. The van der Waals surface area contributed by atoms with E-state index >= 15 is 0 Å². The van der Waals surface area contributed by atoms with Crippen molar-refractivity contribution in [3.8, 4) is 0 Å². The van der Waals surface area contributed by atoms with Gasteiger partial charge in [-0.3, -0.25) is 4.21 Å². The summed E-state index contributed by atoms with van der Waals surface area (Å²) in [4.78, 5) is 0. The Bertz CT molecular complexity index is 339. The molecule has 2 atom stereocenters. The topological polar surface area (TPSA) is 29.1 Å². The number of rotatable bonds is 6. The van der Waals surface area contributed by atoms with Crippen molar-refractivity contribution in [1.82, 2.24) is 5.32 Å². The highest BCUT2D eigenvalue weighted by Gasteiger charge is 2.04. The monoisotopic (exact) mass is 303 g/mol. The van der Waals surface area contributed by atoms with Crippen molar-refractivity contribution in [1.29, 1.82) is 0 Å². The molecule has 2 unspecified atom stereocenters. The number of halogens is 1. The highest BCUT2D eigenvalue weighted by atomic mass is 79.9. The number of benzene rings is 1. The van der Waals surface area contributed by atoms with Crippen LogP contribution in [0.5, 0.6) is 0 Å². The van der Waals surface area contributed by atoms with E-state index in [0.717, 1.165) is 24.0 Å². The Labute approximate surface area is 108 Å². The largest absolute Gasteiger partial charge is 0.313 e. The standard InChI is InChI=1S/C12H18BrNOS/c1-10(16(2)15)7-8-14-9-11-3-5-12(13)6-4-11/h3-6,10,14H,7-9H2,1-2H3. The van der Waals surface area contributed by atoms with Gasteiger partial charge in [-0.15, -0.1) is 0 Å². The quantitative estimate of drug-likeness (QED) is 0.819. The summed E-state index contributed by atoms with van der Waals surface area (Å²) in [6, 6.07) is 8.28. The molecule has 0 aliphatic rings. The van der Waals surface area contributed by atoms with Crippen LogP contribution in [0.4, 0.5) is 0 Å². The lowest BCUT2D eigenvalue weighted by Gasteiger charge is -2.09. The first-order valence-corrected chi connectivity index (χ1v) is 7.78. The first-order valence-electron chi connectivity index (χ1n) is 5.37. The van der Waals surface area contributed by atoms with Gasteiger partial charge in [0.15, 0.2) is 0 Å². The smallest absolute Gasteiger partial charge is 0.0329 e. The first kappa shape index (κ1) is 13.9. The molecule has 1 N–H and O–H groups in total. The fourth-order valence-electron chi connectivity index (χ4n) is 1.31. The van der Waals surface area contributed by atoms with Gasteiger partial charge in [0.2, 0.25) is 0 Å². The lowest BCUT2D eigenvalue weighted by Crippen LogP contribution is -2.20. The second-order valence-electron chi connectivity index (χ2n) is 3.90. The van der Waals surface area contributed by atoms with Gasteiger partial charge in [-0.1, -0.05) is 35.0 Å². The van der Waals surface area contributed by atoms with Crippen molar-refractivity contribution in [2.45, 2.75) is 25.1 Å². The molecule has 0 saturated heterocycles. The Morgan fingerprint density at radius 1 is 1.38 bits per heavy atom. The molecule has 0 heterocycles. The minimum Gasteiger partial charge on any atom is -0.313 e.